The van der Waals surface area contributed by atoms with Crippen LogP contribution >= 0.6 is 11.8 Å². The minimum absolute atomic E-state index is 0.0496. The second kappa shape index (κ2) is 12.3. The number of anilines is 1. The number of likely N-dealkylation sites (N-methyl/N-ethyl adjacent to an activating group) is 1. The largest absolute Gasteiger partial charge is 0.501 e. The molecule has 1 unspecified atom stereocenters. The highest BCUT2D eigenvalue weighted by Gasteiger charge is 2.49. The average Bonchev–Trinajstić information content (AvgIpc) is 3.39. The van der Waals surface area contributed by atoms with Gasteiger partial charge in [-0.05, 0) is 55.7 Å². The van der Waals surface area contributed by atoms with Crippen molar-refractivity contribution in [2.75, 3.05) is 25.5 Å². The van der Waals surface area contributed by atoms with Crippen LogP contribution in [-0.4, -0.2) is 75.3 Å². The molecule has 3 aliphatic rings. The van der Waals surface area contributed by atoms with E-state index in [9.17, 15) is 19.2 Å². The summed E-state index contributed by atoms with van der Waals surface area (Å²) in [6.45, 7) is 0.234. The molecule has 0 spiro atoms. The van der Waals surface area contributed by atoms with Crippen LogP contribution in [0.4, 0.5) is 10.5 Å². The van der Waals surface area contributed by atoms with Crippen LogP contribution in [0.25, 0.3) is 0 Å². The third-order valence-corrected chi connectivity index (χ3v) is 8.15. The number of hydrogen-bond donors (Lipinski definition) is 1. The Morgan fingerprint density at radius 1 is 1.08 bits per heavy atom. The molecule has 1 aromatic carbocycles. The number of thioether (sulfide) groups is 1. The number of rotatable bonds is 10. The monoisotopic (exact) mass is 511 g/mol. The number of nitrogens with one attached hydrogen (secondary N) is 1. The third-order valence-electron chi connectivity index (χ3n) is 7.14. The minimum Gasteiger partial charge on any atom is -0.339 e. The number of carbonyl (C=O) groups is 4. The molecule has 2 heterocycles. The van der Waals surface area contributed by atoms with Crippen molar-refractivity contribution in [2.24, 2.45) is 0 Å². The van der Waals surface area contributed by atoms with E-state index in [1.807, 2.05) is 42.8 Å². The Balaban J connectivity index is 1.30. The molecule has 0 bridgehead atoms. The lowest BCUT2D eigenvalue weighted by Crippen LogP contribution is -2.57. The van der Waals surface area contributed by atoms with Gasteiger partial charge in [0.05, 0.1) is 6.54 Å². The van der Waals surface area contributed by atoms with Crippen LogP contribution in [-0.2, 0) is 14.4 Å². The van der Waals surface area contributed by atoms with Gasteiger partial charge in [-0.25, -0.2) is 4.79 Å². The molecular weight excluding hydrogens is 476 g/mol. The number of amides is 5. The zero-order valence-electron chi connectivity index (χ0n) is 20.9. The van der Waals surface area contributed by atoms with Crippen molar-refractivity contribution in [2.45, 2.75) is 69.1 Å². The standard InChI is InChI=1S/C27H34N4O4S/c1-29(21-13-7-3-8-14-21)24(33)19-31-22-16-18-36-25(22)26(34)30(27(31)35)17-10-4-9-15-23(32)28-20-11-5-2-6-12-20/h2,5-6,11-12,16,18,21,25H,3-4,7-10,13-15,17,19H2,1H3/p+1. The lowest BCUT2D eigenvalue weighted by atomic mass is 9.94. The topological polar surface area (TPSA) is 89.8 Å². The first-order valence-electron chi connectivity index (χ1n) is 12.9. The highest BCUT2D eigenvalue weighted by atomic mass is 32.2. The minimum atomic E-state index is -0.480. The van der Waals surface area contributed by atoms with Crippen molar-refractivity contribution in [3.05, 3.63) is 41.8 Å². The quantitative estimate of drug-likeness (QED) is 0.379. The number of imide groups is 1. The predicted molar refractivity (Wildman–Crippen MR) is 141 cm³/mol. The van der Waals surface area contributed by atoms with Crippen LogP contribution in [0.1, 0.15) is 57.8 Å². The Hall–Kier alpha value is -2.94. The van der Waals surface area contributed by atoms with Gasteiger partial charge < -0.3 is 10.2 Å². The van der Waals surface area contributed by atoms with Crippen LogP contribution in [0, 0.1) is 0 Å². The van der Waals surface area contributed by atoms with Gasteiger partial charge >= 0.3 is 11.9 Å². The molecule has 1 atom stereocenters. The van der Waals surface area contributed by atoms with Crippen molar-refractivity contribution in [1.29, 1.82) is 0 Å². The molecule has 5 amide bonds. The highest BCUT2D eigenvalue weighted by Crippen LogP contribution is 2.28. The normalized spacial score (nSPS) is 20.0. The lowest BCUT2D eigenvalue weighted by molar-refractivity contribution is -0.428. The molecule has 4 rings (SSSR count). The van der Waals surface area contributed by atoms with Crippen LogP contribution in [0.5, 0.6) is 0 Å². The summed E-state index contributed by atoms with van der Waals surface area (Å²) in [4.78, 5) is 54.6. The van der Waals surface area contributed by atoms with Crippen LogP contribution in [0.15, 0.2) is 41.8 Å². The number of para-hydroxylation sites is 1. The summed E-state index contributed by atoms with van der Waals surface area (Å²) in [6, 6.07) is 9.11. The molecule has 192 valence electrons. The SMILES string of the molecule is CN(C(=O)C[N+]1=C2C=CSC2C(=O)N(CCCCCC(=O)Nc2ccccc2)C1=O)C1CCCCC1. The second-order valence-corrected chi connectivity index (χ2v) is 10.6. The summed E-state index contributed by atoms with van der Waals surface area (Å²) in [5, 5.41) is 4.21. The van der Waals surface area contributed by atoms with Gasteiger partial charge in [0, 0.05) is 25.2 Å². The summed E-state index contributed by atoms with van der Waals surface area (Å²) in [5.41, 5.74) is 1.37. The number of hydrogen-bond acceptors (Lipinski definition) is 5. The molecule has 2 aliphatic heterocycles. The van der Waals surface area contributed by atoms with E-state index in [0.717, 1.165) is 37.8 Å². The highest BCUT2D eigenvalue weighted by molar-refractivity contribution is 8.04. The molecule has 1 N–H and O–H groups in total. The molecule has 9 heteroatoms. The zero-order valence-corrected chi connectivity index (χ0v) is 21.7. The Labute approximate surface area is 216 Å². The van der Waals surface area contributed by atoms with Crippen molar-refractivity contribution < 1.29 is 23.8 Å². The van der Waals surface area contributed by atoms with Crippen LogP contribution in [0.2, 0.25) is 0 Å². The first-order valence-corrected chi connectivity index (χ1v) is 13.8. The van der Waals surface area contributed by atoms with Gasteiger partial charge in [0.25, 0.3) is 5.91 Å². The zero-order chi connectivity index (χ0) is 25.5. The smallest absolute Gasteiger partial charge is 0.339 e. The van der Waals surface area contributed by atoms with E-state index < -0.39 is 11.3 Å². The first-order chi connectivity index (χ1) is 17.5. The Bertz CT molecular complexity index is 1050. The molecule has 0 radical (unpaired) electrons. The fraction of sp³-hybridized carbons (Fsp3) is 0.519. The Kier molecular flexibility index (Phi) is 8.96. The summed E-state index contributed by atoms with van der Waals surface area (Å²) >= 11 is 1.38. The maximum absolute atomic E-state index is 13.3. The number of unbranched alkanes of at least 4 members (excludes halogenated alkanes) is 2. The molecule has 1 aromatic rings. The Morgan fingerprint density at radius 3 is 2.58 bits per heavy atom. The third kappa shape index (κ3) is 6.24. The average molecular weight is 512 g/mol. The van der Waals surface area contributed by atoms with Crippen molar-refractivity contribution in [3.8, 4) is 0 Å². The summed E-state index contributed by atoms with van der Waals surface area (Å²) in [7, 11) is 1.82. The van der Waals surface area contributed by atoms with Crippen molar-refractivity contribution >= 4 is 46.9 Å². The number of allylic oxidation sites excluding steroid dienone is 1. The van der Waals surface area contributed by atoms with E-state index in [-0.39, 0.29) is 36.9 Å². The van der Waals surface area contributed by atoms with E-state index in [4.69, 9.17) is 0 Å². The maximum atomic E-state index is 13.3. The van der Waals surface area contributed by atoms with E-state index in [0.29, 0.717) is 25.0 Å². The Morgan fingerprint density at radius 2 is 1.83 bits per heavy atom. The summed E-state index contributed by atoms with van der Waals surface area (Å²) in [5.74, 6) is -0.368. The maximum Gasteiger partial charge on any atom is 0.501 e. The van der Waals surface area contributed by atoms with Crippen LogP contribution in [0.3, 0.4) is 0 Å². The molecular formula is C27H35N4O4S+. The van der Waals surface area contributed by atoms with Crippen LogP contribution < -0.4 is 5.32 Å². The fourth-order valence-corrected chi connectivity index (χ4v) is 5.98. The van der Waals surface area contributed by atoms with E-state index in [1.165, 1.54) is 27.7 Å². The van der Waals surface area contributed by atoms with Gasteiger partial charge in [-0.3, -0.25) is 9.59 Å². The van der Waals surface area contributed by atoms with Gasteiger partial charge in [-0.1, -0.05) is 37.5 Å². The molecule has 0 saturated heterocycles. The second-order valence-electron chi connectivity index (χ2n) is 9.62. The van der Waals surface area contributed by atoms with Gasteiger partial charge in [0.1, 0.15) is 5.71 Å². The number of carbonyl (C=O) groups excluding carboxylic acids is 4. The summed E-state index contributed by atoms with van der Waals surface area (Å²) < 4.78 is 1.48. The molecule has 1 aliphatic carbocycles. The lowest BCUT2D eigenvalue weighted by Gasteiger charge is -2.31. The van der Waals surface area contributed by atoms with E-state index in [2.05, 4.69) is 5.32 Å². The van der Waals surface area contributed by atoms with E-state index in [1.54, 1.807) is 11.0 Å². The van der Waals surface area contributed by atoms with Crippen molar-refractivity contribution in [1.82, 2.24) is 9.80 Å². The van der Waals surface area contributed by atoms with Gasteiger partial charge in [0.15, 0.2) is 11.8 Å². The summed E-state index contributed by atoms with van der Waals surface area (Å²) in [6.07, 6.45) is 9.61. The number of urea groups is 1. The molecule has 36 heavy (non-hydrogen) atoms. The number of fused-ring (bicyclic) bond motifs is 1. The van der Waals surface area contributed by atoms with E-state index >= 15 is 0 Å². The van der Waals surface area contributed by atoms with Gasteiger partial charge in [-0.2, -0.15) is 14.3 Å². The number of benzene rings is 1. The molecule has 8 nitrogen and oxygen atoms in total. The molecule has 0 aromatic heterocycles. The van der Waals surface area contributed by atoms with Crippen molar-refractivity contribution in [3.63, 3.8) is 0 Å². The van der Waals surface area contributed by atoms with Gasteiger partial charge in [-0.15, -0.1) is 11.8 Å². The molecule has 1 fully saturated rings. The first kappa shape index (κ1) is 26.1. The molecule has 1 saturated carbocycles. The number of nitrogens with zero attached hydrogens (tertiary/aromatic N) is 3. The predicted octanol–water partition coefficient (Wildman–Crippen LogP) is 4.02. The fourth-order valence-electron chi connectivity index (χ4n) is 5.01. The van der Waals surface area contributed by atoms with Gasteiger partial charge in [0.2, 0.25) is 5.91 Å².